The van der Waals surface area contributed by atoms with Crippen molar-refractivity contribution >= 4 is 60.8 Å². The molecule has 0 saturated heterocycles. The molecule has 63 heavy (non-hydrogen) atoms. The predicted molar refractivity (Wildman–Crippen MR) is 264 cm³/mol. The van der Waals surface area contributed by atoms with Crippen molar-refractivity contribution in [2.24, 2.45) is 0 Å². The van der Waals surface area contributed by atoms with Gasteiger partial charge in [-0.3, -0.25) is 0 Å². The van der Waals surface area contributed by atoms with Gasteiger partial charge in [0.05, 0.1) is 16.7 Å². The van der Waals surface area contributed by atoms with Crippen LogP contribution in [0.3, 0.4) is 0 Å². The van der Waals surface area contributed by atoms with Crippen LogP contribution in [0.4, 0.5) is 17.1 Å². The maximum absolute atomic E-state index is 6.66. The van der Waals surface area contributed by atoms with Gasteiger partial charge in [0, 0.05) is 38.6 Å². The van der Waals surface area contributed by atoms with E-state index in [1.807, 2.05) is 12.1 Å². The summed E-state index contributed by atoms with van der Waals surface area (Å²) in [7, 11) is 0. The van der Waals surface area contributed by atoms with Gasteiger partial charge in [-0.25, -0.2) is 0 Å². The van der Waals surface area contributed by atoms with E-state index in [1.165, 1.54) is 55.2 Å². The van der Waals surface area contributed by atoms with Crippen LogP contribution in [-0.4, -0.2) is 4.57 Å². The quantitative estimate of drug-likeness (QED) is 0.153. The maximum atomic E-state index is 6.66. The number of anilines is 3. The summed E-state index contributed by atoms with van der Waals surface area (Å²) in [5.41, 5.74) is 17.7. The molecular weight excluding hydrogens is 765 g/mol. The molecule has 296 valence electrons. The van der Waals surface area contributed by atoms with Gasteiger partial charge >= 0.3 is 0 Å². The minimum atomic E-state index is 0.857. The first-order valence-corrected chi connectivity index (χ1v) is 21.5. The molecule has 0 bridgehead atoms. The van der Waals surface area contributed by atoms with Crippen molar-refractivity contribution in [2.45, 2.75) is 0 Å². The Kier molecular flexibility index (Phi) is 8.83. The van der Waals surface area contributed by atoms with E-state index in [4.69, 9.17) is 4.42 Å². The lowest BCUT2D eigenvalue weighted by Crippen LogP contribution is -2.10. The van der Waals surface area contributed by atoms with Gasteiger partial charge in [-0.15, -0.1) is 0 Å². The molecule has 0 spiro atoms. The highest BCUT2D eigenvalue weighted by molar-refractivity contribution is 6.12. The second kappa shape index (κ2) is 15.3. The Labute approximate surface area is 366 Å². The van der Waals surface area contributed by atoms with Crippen molar-refractivity contribution in [3.8, 4) is 50.2 Å². The first-order chi connectivity index (χ1) is 31.2. The Morgan fingerprint density at radius 1 is 0.302 bits per heavy atom. The Balaban J connectivity index is 1.000. The molecule has 0 amide bonds. The largest absolute Gasteiger partial charge is 0.454 e. The highest BCUT2D eigenvalue weighted by Gasteiger charge is 2.21. The number of hydrogen-bond acceptors (Lipinski definition) is 2. The van der Waals surface area contributed by atoms with Gasteiger partial charge in [0.25, 0.3) is 0 Å². The number of fused-ring (bicyclic) bond motifs is 6. The molecule has 0 aliphatic carbocycles. The second-order valence-electron chi connectivity index (χ2n) is 16.1. The summed E-state index contributed by atoms with van der Waals surface area (Å²) in [5.74, 6) is 0. The first kappa shape index (κ1) is 36.5. The molecular formula is C60H40N2O. The standard InChI is InChI=1S/C60H40N2O/c1-4-15-41(16-5-1)44-29-33-49(34-30-44)61(58-27-14-26-53-52-25-10-11-28-59(52)63-60(53)58)50-23-12-21-45(37-50)46-22-13-24-51(38-46)62-56-35-31-47(42-17-6-2-7-18-42)39-54(56)55-40-48(32-36-57(55)62)43-19-8-3-9-20-43/h1-40H. The monoisotopic (exact) mass is 804 g/mol. The van der Waals surface area contributed by atoms with E-state index in [1.54, 1.807) is 0 Å². The van der Waals surface area contributed by atoms with Gasteiger partial charge < -0.3 is 13.9 Å². The molecule has 2 aromatic heterocycles. The van der Waals surface area contributed by atoms with Crippen LogP contribution in [0.1, 0.15) is 0 Å². The smallest absolute Gasteiger partial charge is 0.159 e. The highest BCUT2D eigenvalue weighted by Crippen LogP contribution is 2.44. The van der Waals surface area contributed by atoms with Gasteiger partial charge in [0.15, 0.2) is 5.58 Å². The fourth-order valence-corrected chi connectivity index (χ4v) is 9.34. The van der Waals surface area contributed by atoms with Crippen molar-refractivity contribution in [1.29, 1.82) is 0 Å². The zero-order chi connectivity index (χ0) is 41.7. The van der Waals surface area contributed by atoms with Crippen LogP contribution in [-0.2, 0) is 0 Å². The Morgan fingerprint density at radius 2 is 0.778 bits per heavy atom. The summed E-state index contributed by atoms with van der Waals surface area (Å²) >= 11 is 0. The average Bonchev–Trinajstić information content (AvgIpc) is 3.91. The SMILES string of the molecule is c1ccc(-c2ccc(N(c3cccc(-c4cccc(-n5c6ccc(-c7ccccc7)cc6c6cc(-c7ccccc7)ccc65)c4)c3)c3cccc4c3oc3ccccc34)cc2)cc1. The van der Waals surface area contributed by atoms with E-state index in [2.05, 4.69) is 240 Å². The molecule has 10 aromatic carbocycles. The lowest BCUT2D eigenvalue weighted by Gasteiger charge is -2.26. The van der Waals surface area contributed by atoms with E-state index in [0.717, 1.165) is 55.8 Å². The summed E-state index contributed by atoms with van der Waals surface area (Å²) in [6, 6.07) is 87.1. The molecule has 0 aliphatic heterocycles. The number of para-hydroxylation sites is 2. The maximum Gasteiger partial charge on any atom is 0.159 e. The molecule has 3 nitrogen and oxygen atoms in total. The third-order valence-corrected chi connectivity index (χ3v) is 12.4. The number of hydrogen-bond donors (Lipinski definition) is 0. The zero-order valence-corrected chi connectivity index (χ0v) is 34.4. The van der Waals surface area contributed by atoms with Gasteiger partial charge in [-0.1, -0.05) is 170 Å². The van der Waals surface area contributed by atoms with E-state index in [0.29, 0.717) is 0 Å². The van der Waals surface area contributed by atoms with E-state index < -0.39 is 0 Å². The third kappa shape index (κ3) is 6.46. The zero-order valence-electron chi connectivity index (χ0n) is 34.4. The van der Waals surface area contributed by atoms with Crippen molar-refractivity contribution in [2.75, 3.05) is 4.90 Å². The molecule has 0 radical (unpaired) electrons. The van der Waals surface area contributed by atoms with Gasteiger partial charge in [-0.05, 0) is 117 Å². The highest BCUT2D eigenvalue weighted by atomic mass is 16.3. The fraction of sp³-hybridized carbons (Fsp3) is 0. The summed E-state index contributed by atoms with van der Waals surface area (Å²) in [5, 5.41) is 4.66. The molecule has 0 atom stereocenters. The Bertz CT molecular complexity index is 3510. The summed E-state index contributed by atoms with van der Waals surface area (Å²) < 4.78 is 9.08. The van der Waals surface area contributed by atoms with Crippen molar-refractivity contribution in [3.63, 3.8) is 0 Å². The number of benzene rings is 10. The Hall–Kier alpha value is -8.40. The predicted octanol–water partition coefficient (Wildman–Crippen LogP) is 16.8. The van der Waals surface area contributed by atoms with Crippen LogP contribution < -0.4 is 4.90 Å². The molecule has 0 unspecified atom stereocenters. The fourth-order valence-electron chi connectivity index (χ4n) is 9.34. The molecule has 0 fully saturated rings. The Morgan fingerprint density at radius 3 is 1.43 bits per heavy atom. The van der Waals surface area contributed by atoms with E-state index in [9.17, 15) is 0 Å². The molecule has 12 aromatic rings. The normalized spacial score (nSPS) is 11.5. The van der Waals surface area contributed by atoms with Crippen molar-refractivity contribution in [3.05, 3.63) is 243 Å². The van der Waals surface area contributed by atoms with E-state index in [-0.39, 0.29) is 0 Å². The summed E-state index contributed by atoms with van der Waals surface area (Å²) in [4.78, 5) is 2.33. The lowest BCUT2D eigenvalue weighted by atomic mass is 10.0. The van der Waals surface area contributed by atoms with Crippen LogP contribution in [0, 0.1) is 0 Å². The van der Waals surface area contributed by atoms with Crippen LogP contribution in [0.25, 0.3) is 93.9 Å². The average molecular weight is 805 g/mol. The van der Waals surface area contributed by atoms with Crippen LogP contribution in [0.15, 0.2) is 247 Å². The van der Waals surface area contributed by atoms with Gasteiger partial charge in [0.2, 0.25) is 0 Å². The molecule has 3 heteroatoms. The number of rotatable bonds is 8. The third-order valence-electron chi connectivity index (χ3n) is 12.4. The first-order valence-electron chi connectivity index (χ1n) is 21.5. The number of furan rings is 1. The molecule has 2 heterocycles. The number of aromatic nitrogens is 1. The molecule has 0 aliphatic rings. The van der Waals surface area contributed by atoms with Crippen molar-refractivity contribution in [1.82, 2.24) is 4.57 Å². The summed E-state index contributed by atoms with van der Waals surface area (Å²) in [6.07, 6.45) is 0. The van der Waals surface area contributed by atoms with Crippen LogP contribution >= 0.6 is 0 Å². The minimum Gasteiger partial charge on any atom is -0.454 e. The molecule has 0 saturated carbocycles. The van der Waals surface area contributed by atoms with Gasteiger partial charge in [0.1, 0.15) is 5.58 Å². The number of nitrogens with zero attached hydrogens (tertiary/aromatic N) is 2. The van der Waals surface area contributed by atoms with Crippen LogP contribution in [0.5, 0.6) is 0 Å². The van der Waals surface area contributed by atoms with Crippen LogP contribution in [0.2, 0.25) is 0 Å². The molecule has 0 N–H and O–H groups in total. The second-order valence-corrected chi connectivity index (χ2v) is 16.1. The lowest BCUT2D eigenvalue weighted by molar-refractivity contribution is 0.669. The van der Waals surface area contributed by atoms with Crippen molar-refractivity contribution < 1.29 is 4.42 Å². The summed E-state index contributed by atoms with van der Waals surface area (Å²) in [6.45, 7) is 0. The molecule has 12 rings (SSSR count). The topological polar surface area (TPSA) is 21.3 Å². The van der Waals surface area contributed by atoms with Gasteiger partial charge in [-0.2, -0.15) is 0 Å². The van der Waals surface area contributed by atoms with E-state index >= 15 is 0 Å². The minimum absolute atomic E-state index is 0.857.